The van der Waals surface area contributed by atoms with E-state index in [2.05, 4.69) is 15.1 Å². The molecule has 0 spiro atoms. The third kappa shape index (κ3) is 2.64. The second-order valence-electron chi connectivity index (χ2n) is 4.82. The first-order valence-corrected chi connectivity index (χ1v) is 7.93. The largest absolute Gasteiger partial charge is 0.465 e. The van der Waals surface area contributed by atoms with Crippen molar-refractivity contribution < 1.29 is 9.53 Å². The van der Waals surface area contributed by atoms with Gasteiger partial charge in [0, 0.05) is 5.39 Å². The predicted molar refractivity (Wildman–Crippen MR) is 85.0 cm³/mol. The summed E-state index contributed by atoms with van der Waals surface area (Å²) in [7, 11) is 0. The highest BCUT2D eigenvalue weighted by Gasteiger charge is 2.20. The summed E-state index contributed by atoms with van der Waals surface area (Å²) in [5, 5.41) is 5.61. The number of carbonyl (C=O) groups is 1. The molecule has 3 rings (SSSR count). The molecule has 0 aliphatic rings. The average Bonchev–Trinajstić information content (AvgIpc) is 2.89. The molecule has 3 aromatic rings. The van der Waals surface area contributed by atoms with Crippen LogP contribution in [0.3, 0.4) is 0 Å². The van der Waals surface area contributed by atoms with Crippen molar-refractivity contribution in [2.75, 3.05) is 6.61 Å². The van der Waals surface area contributed by atoms with Crippen molar-refractivity contribution in [2.24, 2.45) is 0 Å². The van der Waals surface area contributed by atoms with Gasteiger partial charge in [0.1, 0.15) is 11.1 Å². The summed E-state index contributed by atoms with van der Waals surface area (Å²) in [5.74, 6) is 0.413. The van der Waals surface area contributed by atoms with Gasteiger partial charge in [-0.15, -0.1) is 5.10 Å². The first-order chi connectivity index (χ1) is 10.6. The van der Waals surface area contributed by atoms with E-state index in [0.29, 0.717) is 17.6 Å². The molecule has 0 saturated carbocycles. The van der Waals surface area contributed by atoms with Gasteiger partial charge >= 0.3 is 5.97 Å². The molecule has 2 aromatic heterocycles. The summed E-state index contributed by atoms with van der Waals surface area (Å²) in [4.78, 5) is 20.9. The van der Waals surface area contributed by atoms with Crippen LogP contribution in [0.4, 0.5) is 0 Å². The van der Waals surface area contributed by atoms with E-state index in [0.717, 1.165) is 16.6 Å². The van der Waals surface area contributed by atoms with Crippen LogP contribution >= 0.6 is 11.8 Å². The Balaban J connectivity index is 2.09. The van der Waals surface area contributed by atoms with E-state index in [1.807, 2.05) is 31.2 Å². The number of benzene rings is 1. The van der Waals surface area contributed by atoms with Gasteiger partial charge in [-0.05, 0) is 32.9 Å². The van der Waals surface area contributed by atoms with Crippen molar-refractivity contribution in [1.29, 1.82) is 0 Å². The minimum atomic E-state index is -0.360. The Morgan fingerprint density at radius 1 is 1.36 bits per heavy atom. The molecular formula is C15H16N4O2S. The van der Waals surface area contributed by atoms with Gasteiger partial charge in [0.05, 0.1) is 12.1 Å². The minimum Gasteiger partial charge on any atom is -0.465 e. The molecule has 22 heavy (non-hydrogen) atoms. The quantitative estimate of drug-likeness (QED) is 0.419. The Bertz CT molecular complexity index is 846. The molecule has 0 aliphatic carbocycles. The van der Waals surface area contributed by atoms with E-state index < -0.39 is 0 Å². The minimum absolute atomic E-state index is 0.257. The van der Waals surface area contributed by atoms with Gasteiger partial charge in [0.25, 0.3) is 0 Å². The number of thioether (sulfide) groups is 1. The summed E-state index contributed by atoms with van der Waals surface area (Å²) in [5.41, 5.74) is 1.59. The van der Waals surface area contributed by atoms with Crippen LogP contribution < -0.4 is 0 Å². The molecule has 1 atom stereocenters. The van der Waals surface area contributed by atoms with Crippen molar-refractivity contribution >= 4 is 34.3 Å². The van der Waals surface area contributed by atoms with Gasteiger partial charge in [-0.2, -0.15) is 4.52 Å². The lowest BCUT2D eigenvalue weighted by Gasteiger charge is -2.11. The van der Waals surface area contributed by atoms with Crippen LogP contribution in [0.2, 0.25) is 0 Å². The molecule has 0 aliphatic heterocycles. The van der Waals surface area contributed by atoms with Crippen LogP contribution in [0.15, 0.2) is 29.4 Å². The Morgan fingerprint density at radius 3 is 2.91 bits per heavy atom. The Hall–Kier alpha value is -2.15. The smallest absolute Gasteiger partial charge is 0.319 e. The Kier molecular flexibility index (Phi) is 3.98. The van der Waals surface area contributed by atoms with Crippen molar-refractivity contribution in [3.63, 3.8) is 0 Å². The Labute approximate surface area is 131 Å². The van der Waals surface area contributed by atoms with E-state index in [9.17, 15) is 4.79 Å². The summed E-state index contributed by atoms with van der Waals surface area (Å²) in [6.45, 7) is 5.80. The lowest BCUT2D eigenvalue weighted by molar-refractivity contribution is -0.142. The van der Waals surface area contributed by atoms with Crippen molar-refractivity contribution in [1.82, 2.24) is 19.6 Å². The molecular weight excluding hydrogens is 300 g/mol. The topological polar surface area (TPSA) is 69.4 Å². The van der Waals surface area contributed by atoms with Crippen LogP contribution in [-0.4, -0.2) is 37.4 Å². The fourth-order valence-corrected chi connectivity index (χ4v) is 3.03. The number of aryl methyl sites for hydroxylation is 1. The van der Waals surface area contributed by atoms with E-state index in [-0.39, 0.29) is 11.2 Å². The molecule has 0 N–H and O–H groups in total. The average molecular weight is 316 g/mol. The van der Waals surface area contributed by atoms with Crippen LogP contribution in [0.1, 0.15) is 19.7 Å². The van der Waals surface area contributed by atoms with Crippen LogP contribution in [0.5, 0.6) is 0 Å². The van der Waals surface area contributed by atoms with Gasteiger partial charge in [0.2, 0.25) is 0 Å². The molecule has 1 aromatic carbocycles. The van der Waals surface area contributed by atoms with Gasteiger partial charge in [-0.3, -0.25) is 4.79 Å². The van der Waals surface area contributed by atoms with E-state index in [1.54, 1.807) is 18.4 Å². The molecule has 0 bridgehead atoms. The number of fused-ring (bicyclic) bond motifs is 3. The highest BCUT2D eigenvalue weighted by atomic mass is 32.2. The first-order valence-electron chi connectivity index (χ1n) is 7.05. The third-order valence-electron chi connectivity index (χ3n) is 3.16. The molecule has 0 radical (unpaired) electrons. The van der Waals surface area contributed by atoms with E-state index >= 15 is 0 Å². The summed E-state index contributed by atoms with van der Waals surface area (Å²) in [6.07, 6.45) is 0. The van der Waals surface area contributed by atoms with Gasteiger partial charge in [0.15, 0.2) is 10.8 Å². The second kappa shape index (κ2) is 5.92. The maximum Gasteiger partial charge on any atom is 0.319 e. The van der Waals surface area contributed by atoms with Crippen LogP contribution in [0, 0.1) is 6.92 Å². The molecule has 0 unspecified atom stereocenters. The van der Waals surface area contributed by atoms with Crippen molar-refractivity contribution in [3.8, 4) is 0 Å². The number of ether oxygens (including phenoxy) is 1. The highest BCUT2D eigenvalue weighted by Crippen LogP contribution is 2.26. The first kappa shape index (κ1) is 14.8. The number of aromatic nitrogens is 4. The summed E-state index contributed by atoms with van der Waals surface area (Å²) in [6, 6.07) is 7.77. The zero-order valence-electron chi connectivity index (χ0n) is 12.6. The normalized spacial score (nSPS) is 12.7. The third-order valence-corrected chi connectivity index (χ3v) is 4.18. The monoisotopic (exact) mass is 316 g/mol. The maximum absolute atomic E-state index is 11.8. The van der Waals surface area contributed by atoms with E-state index in [1.165, 1.54) is 11.8 Å². The predicted octanol–water partition coefficient (Wildman–Crippen LogP) is 2.63. The number of hydrogen-bond donors (Lipinski definition) is 0. The lowest BCUT2D eigenvalue weighted by atomic mass is 10.2. The van der Waals surface area contributed by atoms with Gasteiger partial charge in [-0.1, -0.05) is 23.9 Å². The number of rotatable bonds is 4. The van der Waals surface area contributed by atoms with Crippen molar-refractivity contribution in [2.45, 2.75) is 31.2 Å². The van der Waals surface area contributed by atoms with Crippen LogP contribution in [0.25, 0.3) is 16.6 Å². The van der Waals surface area contributed by atoms with E-state index in [4.69, 9.17) is 4.74 Å². The summed E-state index contributed by atoms with van der Waals surface area (Å²) >= 11 is 1.32. The fourth-order valence-electron chi connectivity index (χ4n) is 2.18. The standard InChI is InChI=1S/C15H16N4O2S/c1-4-21-14(20)9(2)22-15-17-12-8-6-5-7-11(12)13-16-10(3)18-19(13)15/h5-9H,4H2,1-3H3/t9-/m0/s1. The SMILES string of the molecule is CCOC(=O)[C@H](C)Sc1nc2ccccc2c2nc(C)nn12. The molecule has 0 saturated heterocycles. The molecule has 2 heterocycles. The Morgan fingerprint density at radius 2 is 2.14 bits per heavy atom. The maximum atomic E-state index is 11.8. The zero-order chi connectivity index (χ0) is 15.7. The highest BCUT2D eigenvalue weighted by molar-refractivity contribution is 8.00. The lowest BCUT2D eigenvalue weighted by Crippen LogP contribution is -2.17. The number of carbonyl (C=O) groups excluding carboxylic acids is 1. The molecule has 7 heteroatoms. The summed E-state index contributed by atoms with van der Waals surface area (Å²) < 4.78 is 6.74. The number of para-hydroxylation sites is 1. The molecule has 6 nitrogen and oxygen atoms in total. The number of nitrogens with zero attached hydrogens (tertiary/aromatic N) is 4. The second-order valence-corrected chi connectivity index (χ2v) is 6.13. The molecule has 0 amide bonds. The van der Waals surface area contributed by atoms with Gasteiger partial charge in [-0.25, -0.2) is 9.97 Å². The van der Waals surface area contributed by atoms with Gasteiger partial charge < -0.3 is 4.74 Å². The zero-order valence-corrected chi connectivity index (χ0v) is 13.4. The number of hydrogen-bond acceptors (Lipinski definition) is 6. The number of esters is 1. The fraction of sp³-hybridized carbons (Fsp3) is 0.333. The molecule has 0 fully saturated rings. The van der Waals surface area contributed by atoms with Crippen LogP contribution in [-0.2, 0) is 9.53 Å². The van der Waals surface area contributed by atoms with Crippen molar-refractivity contribution in [3.05, 3.63) is 30.1 Å². The molecule has 114 valence electrons.